The number of hydrogen-bond acceptors (Lipinski definition) is 5. The summed E-state index contributed by atoms with van der Waals surface area (Å²) in [6.07, 6.45) is 1.20. The number of anilines is 1. The number of rotatable bonds is 5. The number of aromatic nitrogens is 3. The fourth-order valence-corrected chi connectivity index (χ4v) is 2.62. The monoisotopic (exact) mass is 360 g/mol. The summed E-state index contributed by atoms with van der Waals surface area (Å²) >= 11 is 3.21. The van der Waals surface area contributed by atoms with Gasteiger partial charge in [-0.25, -0.2) is 13.1 Å². The Hall–Kier alpha value is -1.94. The Morgan fingerprint density at radius 3 is 2.60 bits per heavy atom. The number of benzene rings is 1. The Morgan fingerprint density at radius 2 is 2.00 bits per heavy atom. The summed E-state index contributed by atoms with van der Waals surface area (Å²) < 4.78 is 28.0. The fourth-order valence-electron chi connectivity index (χ4n) is 1.37. The van der Waals surface area contributed by atoms with Crippen LogP contribution in [-0.4, -0.2) is 34.5 Å². The van der Waals surface area contributed by atoms with E-state index in [1.165, 1.54) is 18.3 Å². The first-order valence-corrected chi connectivity index (χ1v) is 7.55. The highest BCUT2D eigenvalue weighted by Gasteiger charge is 2.16. The maximum absolute atomic E-state index is 12.0. The standard InChI is InChI=1S/C10H9BrN4O4S/c11-7-1-3-8(4-2-7)20(18,19)13-9-5-15(14-12-9)6-10(16)17/h1-5,13H,6H2,(H,16,17). The molecule has 1 heterocycles. The molecular weight excluding hydrogens is 352 g/mol. The van der Waals surface area contributed by atoms with E-state index < -0.39 is 22.5 Å². The molecule has 0 aliphatic rings. The third kappa shape index (κ3) is 3.54. The van der Waals surface area contributed by atoms with Gasteiger partial charge in [-0.05, 0) is 24.3 Å². The van der Waals surface area contributed by atoms with E-state index in [9.17, 15) is 13.2 Å². The lowest BCUT2D eigenvalue weighted by molar-refractivity contribution is -0.137. The van der Waals surface area contributed by atoms with E-state index in [0.29, 0.717) is 0 Å². The zero-order valence-corrected chi connectivity index (χ0v) is 12.3. The second-order valence-corrected chi connectivity index (χ2v) is 6.35. The van der Waals surface area contributed by atoms with Crippen molar-refractivity contribution in [2.75, 3.05) is 4.72 Å². The third-order valence-electron chi connectivity index (χ3n) is 2.20. The van der Waals surface area contributed by atoms with Gasteiger partial charge in [0.15, 0.2) is 5.82 Å². The summed E-state index contributed by atoms with van der Waals surface area (Å²) in [5.74, 6) is -1.15. The van der Waals surface area contributed by atoms with Gasteiger partial charge in [0.2, 0.25) is 0 Å². The molecule has 0 spiro atoms. The smallest absolute Gasteiger partial charge is 0.325 e. The summed E-state index contributed by atoms with van der Waals surface area (Å²) in [6, 6.07) is 6.04. The van der Waals surface area contributed by atoms with E-state index in [0.717, 1.165) is 9.15 Å². The molecule has 0 bridgehead atoms. The summed E-state index contributed by atoms with van der Waals surface area (Å²) in [5.41, 5.74) is 0. The average molecular weight is 361 g/mol. The number of carboxylic acids is 1. The van der Waals surface area contributed by atoms with Crippen molar-refractivity contribution < 1.29 is 18.3 Å². The van der Waals surface area contributed by atoms with E-state index in [1.807, 2.05) is 0 Å². The molecule has 0 radical (unpaired) electrons. The van der Waals surface area contributed by atoms with E-state index in [1.54, 1.807) is 12.1 Å². The predicted octanol–water partition coefficient (Wildman–Crippen LogP) is 0.926. The minimum atomic E-state index is -3.78. The van der Waals surface area contributed by atoms with E-state index in [4.69, 9.17) is 5.11 Å². The summed E-state index contributed by atoms with van der Waals surface area (Å²) in [7, 11) is -3.78. The van der Waals surface area contributed by atoms with Crippen LogP contribution in [0.1, 0.15) is 0 Å². The molecule has 8 nitrogen and oxygen atoms in total. The zero-order chi connectivity index (χ0) is 14.8. The zero-order valence-electron chi connectivity index (χ0n) is 9.89. The number of carbonyl (C=O) groups is 1. The lowest BCUT2D eigenvalue weighted by Crippen LogP contribution is -2.13. The van der Waals surface area contributed by atoms with Crippen LogP contribution in [0.4, 0.5) is 5.82 Å². The van der Waals surface area contributed by atoms with Crippen molar-refractivity contribution in [2.24, 2.45) is 0 Å². The number of sulfonamides is 1. The van der Waals surface area contributed by atoms with Gasteiger partial charge >= 0.3 is 5.97 Å². The Morgan fingerprint density at radius 1 is 1.35 bits per heavy atom. The topological polar surface area (TPSA) is 114 Å². The number of nitrogens with one attached hydrogen (secondary N) is 1. The van der Waals surface area contributed by atoms with Crippen LogP contribution >= 0.6 is 15.9 Å². The first-order chi connectivity index (χ1) is 9.37. The van der Waals surface area contributed by atoms with E-state index in [2.05, 4.69) is 31.0 Å². The highest BCUT2D eigenvalue weighted by Crippen LogP contribution is 2.17. The Bertz CT molecular complexity index is 726. The lowest BCUT2D eigenvalue weighted by atomic mass is 10.4. The fraction of sp³-hybridized carbons (Fsp3) is 0.100. The van der Waals surface area contributed by atoms with Crippen molar-refractivity contribution in [2.45, 2.75) is 11.4 Å². The van der Waals surface area contributed by atoms with Crippen LogP contribution in [-0.2, 0) is 21.4 Å². The molecule has 0 unspecified atom stereocenters. The maximum atomic E-state index is 12.0. The molecule has 20 heavy (non-hydrogen) atoms. The van der Waals surface area contributed by atoms with Gasteiger partial charge in [0, 0.05) is 4.47 Å². The molecule has 1 aromatic carbocycles. The van der Waals surface area contributed by atoms with Gasteiger partial charge in [0.05, 0.1) is 11.1 Å². The van der Waals surface area contributed by atoms with Crippen molar-refractivity contribution in [3.8, 4) is 0 Å². The van der Waals surface area contributed by atoms with Gasteiger partial charge < -0.3 is 5.11 Å². The van der Waals surface area contributed by atoms with Gasteiger partial charge in [0.25, 0.3) is 10.0 Å². The Kier molecular flexibility index (Phi) is 4.04. The van der Waals surface area contributed by atoms with E-state index in [-0.39, 0.29) is 10.7 Å². The molecule has 2 rings (SSSR count). The molecule has 0 aliphatic heterocycles. The van der Waals surface area contributed by atoms with Crippen LogP contribution in [0.15, 0.2) is 39.8 Å². The lowest BCUT2D eigenvalue weighted by Gasteiger charge is -2.04. The Balaban J connectivity index is 2.18. The highest BCUT2D eigenvalue weighted by atomic mass is 79.9. The molecule has 106 valence electrons. The molecule has 0 fully saturated rings. The van der Waals surface area contributed by atoms with Gasteiger partial charge in [0.1, 0.15) is 6.54 Å². The largest absolute Gasteiger partial charge is 0.480 e. The summed E-state index contributed by atoms with van der Waals surface area (Å²) in [4.78, 5) is 10.5. The maximum Gasteiger partial charge on any atom is 0.325 e. The van der Waals surface area contributed by atoms with Gasteiger partial charge in [-0.1, -0.05) is 21.1 Å². The predicted molar refractivity (Wildman–Crippen MR) is 72.6 cm³/mol. The molecule has 1 aromatic heterocycles. The summed E-state index contributed by atoms with van der Waals surface area (Å²) in [6.45, 7) is -0.396. The molecule has 2 aromatic rings. The molecule has 0 saturated carbocycles. The van der Waals surface area contributed by atoms with Crippen molar-refractivity contribution >= 4 is 37.7 Å². The van der Waals surface area contributed by atoms with Crippen molar-refractivity contribution in [3.05, 3.63) is 34.9 Å². The summed E-state index contributed by atoms with van der Waals surface area (Å²) in [5, 5.41) is 15.6. The normalized spacial score (nSPS) is 11.2. The first kappa shape index (κ1) is 14.5. The van der Waals surface area contributed by atoms with E-state index >= 15 is 0 Å². The van der Waals surface area contributed by atoms with Crippen LogP contribution in [0, 0.1) is 0 Å². The minimum Gasteiger partial charge on any atom is -0.480 e. The van der Waals surface area contributed by atoms with Crippen LogP contribution in [0.25, 0.3) is 0 Å². The van der Waals surface area contributed by atoms with Crippen LogP contribution in [0.2, 0.25) is 0 Å². The minimum absolute atomic E-state index is 0.0471. The molecule has 10 heteroatoms. The van der Waals surface area contributed by atoms with Crippen molar-refractivity contribution in [1.82, 2.24) is 15.0 Å². The number of halogens is 1. The second kappa shape index (κ2) is 5.59. The van der Waals surface area contributed by atoms with Crippen molar-refractivity contribution in [1.29, 1.82) is 0 Å². The quantitative estimate of drug-likeness (QED) is 0.819. The molecule has 0 amide bonds. The van der Waals surface area contributed by atoms with Crippen molar-refractivity contribution in [3.63, 3.8) is 0 Å². The third-order valence-corrected chi connectivity index (χ3v) is 4.10. The van der Waals surface area contributed by atoms with Gasteiger partial charge in [-0.3, -0.25) is 9.52 Å². The molecule has 0 saturated heterocycles. The number of aliphatic carboxylic acids is 1. The average Bonchev–Trinajstić information content (AvgIpc) is 2.75. The molecule has 2 N–H and O–H groups in total. The molecule has 0 atom stereocenters. The molecular formula is C10H9BrN4O4S. The second-order valence-electron chi connectivity index (χ2n) is 3.75. The SMILES string of the molecule is O=C(O)Cn1cc(NS(=O)(=O)c2ccc(Br)cc2)nn1. The van der Waals surface area contributed by atoms with Crippen LogP contribution in [0.3, 0.4) is 0 Å². The Labute approximate surface area is 122 Å². The number of hydrogen-bond donors (Lipinski definition) is 2. The van der Waals surface area contributed by atoms with Gasteiger partial charge in [-0.15, -0.1) is 5.10 Å². The first-order valence-electron chi connectivity index (χ1n) is 5.27. The van der Waals surface area contributed by atoms with Gasteiger partial charge in [-0.2, -0.15) is 0 Å². The number of nitrogens with zero attached hydrogens (tertiary/aromatic N) is 3. The van der Waals surface area contributed by atoms with Crippen LogP contribution < -0.4 is 4.72 Å². The highest BCUT2D eigenvalue weighted by molar-refractivity contribution is 9.10. The van der Waals surface area contributed by atoms with Crippen LogP contribution in [0.5, 0.6) is 0 Å². The number of carboxylic acid groups (broad SMARTS) is 1. The molecule has 0 aliphatic carbocycles.